The summed E-state index contributed by atoms with van der Waals surface area (Å²) in [5, 5.41) is 3.16. The van der Waals surface area contributed by atoms with Gasteiger partial charge in [0.2, 0.25) is 5.91 Å². The molecule has 0 bridgehead atoms. The molecule has 1 atom stereocenters. The van der Waals surface area contributed by atoms with Crippen LogP contribution in [0.4, 0.5) is 4.79 Å². The Bertz CT molecular complexity index is 494. The van der Waals surface area contributed by atoms with E-state index in [9.17, 15) is 9.59 Å². The zero-order chi connectivity index (χ0) is 19.2. The molecular weight excluding hydrogens is 338 g/mol. The highest BCUT2D eigenvalue weighted by molar-refractivity contribution is 5.80. The Balaban J connectivity index is 1.36. The van der Waals surface area contributed by atoms with Crippen LogP contribution in [0, 0.1) is 23.7 Å². The fourth-order valence-electron chi connectivity index (χ4n) is 5.16. The molecule has 2 aliphatic heterocycles. The van der Waals surface area contributed by atoms with E-state index in [1.807, 2.05) is 4.90 Å². The molecule has 5 nitrogen and oxygen atoms in total. The van der Waals surface area contributed by atoms with Crippen molar-refractivity contribution in [3.8, 4) is 0 Å². The molecule has 3 fully saturated rings. The molecule has 1 unspecified atom stereocenters. The van der Waals surface area contributed by atoms with Crippen molar-refractivity contribution in [2.24, 2.45) is 23.7 Å². The number of hydrogen-bond donors (Lipinski definition) is 1. The van der Waals surface area contributed by atoms with E-state index in [2.05, 4.69) is 24.1 Å². The van der Waals surface area contributed by atoms with Gasteiger partial charge in [-0.1, -0.05) is 33.1 Å². The molecule has 0 spiro atoms. The molecule has 3 amide bonds. The summed E-state index contributed by atoms with van der Waals surface area (Å²) in [4.78, 5) is 29.3. The molecule has 5 heteroatoms. The number of piperidine rings is 2. The molecule has 1 saturated carbocycles. The number of carbonyl (C=O) groups is 2. The van der Waals surface area contributed by atoms with Crippen molar-refractivity contribution in [1.29, 1.82) is 0 Å². The lowest BCUT2D eigenvalue weighted by atomic mass is 9.81. The maximum Gasteiger partial charge on any atom is 0.317 e. The molecule has 3 rings (SSSR count). The second kappa shape index (κ2) is 9.79. The number of nitrogens with one attached hydrogen (secondary N) is 1. The average molecular weight is 378 g/mol. The van der Waals surface area contributed by atoms with E-state index in [4.69, 9.17) is 0 Å². The molecule has 2 saturated heterocycles. The summed E-state index contributed by atoms with van der Waals surface area (Å²) in [7, 11) is 0. The number of carbonyl (C=O) groups excluding carboxylic acids is 2. The fourth-order valence-corrected chi connectivity index (χ4v) is 5.16. The smallest absolute Gasteiger partial charge is 0.317 e. The van der Waals surface area contributed by atoms with Gasteiger partial charge in [-0.15, -0.1) is 0 Å². The van der Waals surface area contributed by atoms with Crippen LogP contribution in [0.1, 0.15) is 71.6 Å². The highest BCUT2D eigenvalue weighted by Crippen LogP contribution is 2.30. The summed E-state index contributed by atoms with van der Waals surface area (Å²) >= 11 is 0. The molecule has 1 aliphatic carbocycles. The molecule has 0 radical (unpaired) electrons. The maximum absolute atomic E-state index is 12.8. The van der Waals surface area contributed by atoms with Crippen LogP contribution in [0.25, 0.3) is 0 Å². The van der Waals surface area contributed by atoms with Crippen LogP contribution in [0.5, 0.6) is 0 Å². The predicted molar refractivity (Wildman–Crippen MR) is 108 cm³/mol. The van der Waals surface area contributed by atoms with E-state index in [0.717, 1.165) is 44.8 Å². The minimum absolute atomic E-state index is 0.0742. The lowest BCUT2D eigenvalue weighted by Gasteiger charge is -2.37. The van der Waals surface area contributed by atoms with Gasteiger partial charge in [-0.3, -0.25) is 4.79 Å². The normalized spacial score (nSPS) is 30.2. The van der Waals surface area contributed by atoms with Gasteiger partial charge in [0.15, 0.2) is 0 Å². The van der Waals surface area contributed by atoms with Gasteiger partial charge < -0.3 is 15.1 Å². The van der Waals surface area contributed by atoms with Gasteiger partial charge in [-0.2, -0.15) is 0 Å². The second-order valence-corrected chi connectivity index (χ2v) is 9.27. The van der Waals surface area contributed by atoms with Crippen molar-refractivity contribution < 1.29 is 9.59 Å². The number of rotatable bonds is 4. The van der Waals surface area contributed by atoms with Gasteiger partial charge in [0, 0.05) is 38.6 Å². The van der Waals surface area contributed by atoms with E-state index < -0.39 is 0 Å². The minimum atomic E-state index is 0.0742. The number of nitrogens with zero attached hydrogens (tertiary/aromatic N) is 2. The molecule has 154 valence electrons. The summed E-state index contributed by atoms with van der Waals surface area (Å²) in [6.45, 7) is 8.61. The van der Waals surface area contributed by atoms with Gasteiger partial charge in [-0.25, -0.2) is 4.79 Å². The van der Waals surface area contributed by atoms with E-state index >= 15 is 0 Å². The van der Waals surface area contributed by atoms with Crippen molar-refractivity contribution >= 4 is 11.9 Å². The molecule has 27 heavy (non-hydrogen) atoms. The first kappa shape index (κ1) is 20.5. The van der Waals surface area contributed by atoms with Gasteiger partial charge in [0.05, 0.1) is 0 Å². The van der Waals surface area contributed by atoms with Crippen LogP contribution in [-0.4, -0.2) is 54.5 Å². The summed E-state index contributed by atoms with van der Waals surface area (Å²) < 4.78 is 0. The molecule has 0 aromatic rings. The molecule has 0 aromatic carbocycles. The Morgan fingerprint density at radius 2 is 1.56 bits per heavy atom. The fraction of sp³-hybridized carbons (Fsp3) is 0.909. The summed E-state index contributed by atoms with van der Waals surface area (Å²) in [6.07, 6.45) is 10.4. The van der Waals surface area contributed by atoms with Crippen LogP contribution < -0.4 is 5.32 Å². The Morgan fingerprint density at radius 1 is 0.889 bits per heavy atom. The zero-order valence-electron chi connectivity index (χ0n) is 17.4. The lowest BCUT2D eigenvalue weighted by molar-refractivity contribution is -0.138. The van der Waals surface area contributed by atoms with E-state index in [-0.39, 0.29) is 11.9 Å². The number of hydrogen-bond acceptors (Lipinski definition) is 2. The Kier molecular flexibility index (Phi) is 7.42. The van der Waals surface area contributed by atoms with Crippen molar-refractivity contribution in [2.75, 3.05) is 32.7 Å². The Morgan fingerprint density at radius 3 is 2.19 bits per heavy atom. The van der Waals surface area contributed by atoms with Crippen molar-refractivity contribution in [2.45, 2.75) is 71.6 Å². The first-order valence-corrected chi connectivity index (χ1v) is 11.4. The average Bonchev–Trinajstić information content (AvgIpc) is 2.72. The summed E-state index contributed by atoms with van der Waals surface area (Å²) in [5.41, 5.74) is 0. The zero-order valence-corrected chi connectivity index (χ0v) is 17.4. The number of amides is 3. The van der Waals surface area contributed by atoms with E-state index in [1.165, 1.54) is 38.5 Å². The molecular formula is C22H39N3O2. The SMILES string of the molecule is CCC1CCC(CNC(=O)N2CCC(C(=O)N3CCCC(C)C3)CC2)CC1. The monoisotopic (exact) mass is 377 g/mol. The first-order valence-electron chi connectivity index (χ1n) is 11.4. The molecule has 2 heterocycles. The molecule has 0 aromatic heterocycles. The third-order valence-corrected chi connectivity index (χ3v) is 7.19. The standard InChI is InChI=1S/C22H39N3O2/c1-3-18-6-8-19(9-7-18)15-23-22(27)24-13-10-20(11-14-24)21(26)25-12-4-5-17(2)16-25/h17-20H,3-16H2,1-2H3,(H,23,27). The third-order valence-electron chi connectivity index (χ3n) is 7.19. The van der Waals surface area contributed by atoms with Crippen molar-refractivity contribution in [3.63, 3.8) is 0 Å². The Hall–Kier alpha value is -1.26. The second-order valence-electron chi connectivity index (χ2n) is 9.27. The van der Waals surface area contributed by atoms with Gasteiger partial charge in [0.25, 0.3) is 0 Å². The van der Waals surface area contributed by atoms with Gasteiger partial charge >= 0.3 is 6.03 Å². The van der Waals surface area contributed by atoms with Crippen molar-refractivity contribution in [3.05, 3.63) is 0 Å². The van der Waals surface area contributed by atoms with E-state index in [1.54, 1.807) is 0 Å². The topological polar surface area (TPSA) is 52.7 Å². The van der Waals surface area contributed by atoms with Crippen molar-refractivity contribution in [1.82, 2.24) is 15.1 Å². The highest BCUT2D eigenvalue weighted by Gasteiger charge is 2.32. The largest absolute Gasteiger partial charge is 0.342 e. The van der Waals surface area contributed by atoms with Crippen LogP contribution >= 0.6 is 0 Å². The third kappa shape index (κ3) is 5.61. The predicted octanol–water partition coefficient (Wildman–Crippen LogP) is 3.88. The van der Waals surface area contributed by atoms with Crippen LogP contribution in [0.15, 0.2) is 0 Å². The van der Waals surface area contributed by atoms with Crippen LogP contribution in [0.2, 0.25) is 0 Å². The first-order chi connectivity index (χ1) is 13.1. The maximum atomic E-state index is 12.8. The minimum Gasteiger partial charge on any atom is -0.342 e. The van der Waals surface area contributed by atoms with Gasteiger partial charge in [0.1, 0.15) is 0 Å². The van der Waals surface area contributed by atoms with Crippen LogP contribution in [0.3, 0.4) is 0 Å². The van der Waals surface area contributed by atoms with Gasteiger partial charge in [-0.05, 0) is 56.3 Å². The lowest BCUT2D eigenvalue weighted by Crippen LogP contribution is -2.49. The highest BCUT2D eigenvalue weighted by atomic mass is 16.2. The number of urea groups is 1. The summed E-state index contributed by atoms with van der Waals surface area (Å²) in [5.74, 6) is 2.62. The Labute approximate surface area is 165 Å². The summed E-state index contributed by atoms with van der Waals surface area (Å²) in [6, 6.07) is 0.0742. The van der Waals surface area contributed by atoms with Crippen LogP contribution in [-0.2, 0) is 4.79 Å². The number of likely N-dealkylation sites (tertiary alicyclic amines) is 2. The molecule has 1 N–H and O–H groups in total. The molecule has 3 aliphatic rings. The quantitative estimate of drug-likeness (QED) is 0.808. The van der Waals surface area contributed by atoms with E-state index in [0.29, 0.717) is 30.8 Å².